The van der Waals surface area contributed by atoms with Gasteiger partial charge in [0.25, 0.3) is 0 Å². The van der Waals surface area contributed by atoms with Crippen molar-refractivity contribution in [2.45, 2.75) is 67.7 Å². The minimum atomic E-state index is -0.322. The fourth-order valence-corrected chi connectivity index (χ4v) is 13.4. The monoisotopic (exact) mass is 1130 g/mol. The topological polar surface area (TPSA) is 6.48 Å². The SMILES string of the molecule is Cc1ccc(C(=Cc2ccc(N(c3ccc(C)cc3)c3cc4c5cccc6cccc(c65)c5c6ccccc6c(C(C)(C)C)c(c3N(c3ccc(C)cc3)c3ccc(C=C(c6ccc(C)cc6)c6ccc(C)cc6)cc3)c45)cc2)c2ccc(C)cc2)cc1. The first-order chi connectivity index (χ1) is 42.7. The second kappa shape index (κ2) is 22.5. The Balaban J connectivity index is 1.10. The molecule has 14 aromatic rings. The van der Waals surface area contributed by atoms with Gasteiger partial charge in [-0.25, -0.2) is 0 Å². The normalized spacial score (nSPS) is 11.7. The van der Waals surface area contributed by atoms with Gasteiger partial charge in [-0.2, -0.15) is 0 Å². The lowest BCUT2D eigenvalue weighted by Gasteiger charge is -2.37. The molecule has 0 amide bonds. The maximum absolute atomic E-state index is 2.57. The highest BCUT2D eigenvalue weighted by molar-refractivity contribution is 6.41. The minimum absolute atomic E-state index is 0.322. The second-order valence-electron chi connectivity index (χ2n) is 25.4. The smallest absolute Gasteiger partial charge is 0.0785 e. The van der Waals surface area contributed by atoms with Crippen molar-refractivity contribution in [2.75, 3.05) is 9.80 Å². The van der Waals surface area contributed by atoms with Crippen molar-refractivity contribution < 1.29 is 0 Å². The van der Waals surface area contributed by atoms with Crippen LogP contribution in [0.15, 0.2) is 261 Å². The van der Waals surface area contributed by atoms with Crippen molar-refractivity contribution in [3.05, 3.63) is 333 Å². The maximum Gasteiger partial charge on any atom is 0.0785 e. The maximum atomic E-state index is 2.57. The first kappa shape index (κ1) is 55.6. The van der Waals surface area contributed by atoms with E-state index in [0.717, 1.165) is 45.3 Å². The molecule has 0 aliphatic rings. The third-order valence-corrected chi connectivity index (χ3v) is 17.9. The van der Waals surface area contributed by atoms with Crippen molar-refractivity contribution in [1.29, 1.82) is 0 Å². The Hall–Kier alpha value is -10.3. The molecular weight excluding hydrogens is 1060 g/mol. The van der Waals surface area contributed by atoms with Crippen LogP contribution in [-0.2, 0) is 5.41 Å². The van der Waals surface area contributed by atoms with E-state index in [2.05, 4.69) is 345 Å². The largest absolute Gasteiger partial charge is 0.308 e. The molecule has 0 aliphatic carbocycles. The van der Waals surface area contributed by atoms with Gasteiger partial charge in [0.2, 0.25) is 0 Å². The van der Waals surface area contributed by atoms with Crippen LogP contribution < -0.4 is 9.80 Å². The number of rotatable bonds is 12. The highest BCUT2D eigenvalue weighted by Crippen LogP contribution is 2.57. The summed E-state index contributed by atoms with van der Waals surface area (Å²) in [5.74, 6) is 0. The molecule has 0 fully saturated rings. The number of hydrogen-bond donors (Lipinski definition) is 0. The zero-order chi connectivity index (χ0) is 60.4. The van der Waals surface area contributed by atoms with Gasteiger partial charge in [-0.3, -0.25) is 0 Å². The summed E-state index contributed by atoms with van der Waals surface area (Å²) in [4.78, 5) is 5.11. The number of nitrogens with zero attached hydrogens (tertiary/aromatic N) is 2. The molecule has 0 saturated carbocycles. The van der Waals surface area contributed by atoms with Crippen molar-refractivity contribution in [2.24, 2.45) is 0 Å². The standard InChI is InChI=1S/C86H72N2/c1-55-20-36-63(37-21-55)76(64-38-22-56(2)23-39-64)52-61-32-48-69(49-33-61)87(68-44-28-59(5)29-45-68)79-54-78-73-18-12-14-67-15-13-19-75(80(67)73)81-72-16-10-11-17-74(72)84(86(7,8)9)83(82(78)81)85(79)88(70-46-30-60(6)31-47-70)71-50-34-62(35-51-71)53-77(65-40-24-57(3)25-41-65)66-42-26-58(4)27-43-66/h10-54H,1-9H3. The molecule has 0 radical (unpaired) electrons. The molecule has 0 heterocycles. The molecular formula is C86H72N2. The summed E-state index contributed by atoms with van der Waals surface area (Å²) in [5.41, 5.74) is 24.2. The van der Waals surface area contributed by atoms with Crippen LogP contribution in [0.4, 0.5) is 34.1 Å². The quantitative estimate of drug-likeness (QED) is 0.0683. The average Bonchev–Trinajstić information content (AvgIpc) is 0.689. The fourth-order valence-electron chi connectivity index (χ4n) is 13.4. The van der Waals surface area contributed by atoms with Gasteiger partial charge in [0.1, 0.15) is 0 Å². The summed E-state index contributed by atoms with van der Waals surface area (Å²) >= 11 is 0. The van der Waals surface area contributed by atoms with Gasteiger partial charge in [-0.15, -0.1) is 0 Å². The molecule has 14 rings (SSSR count). The molecule has 88 heavy (non-hydrogen) atoms. The number of fused-ring (bicyclic) bond motifs is 4. The van der Waals surface area contributed by atoms with Gasteiger partial charge in [-0.1, -0.05) is 260 Å². The van der Waals surface area contributed by atoms with Gasteiger partial charge >= 0.3 is 0 Å². The molecule has 2 heteroatoms. The van der Waals surface area contributed by atoms with E-state index in [1.807, 2.05) is 0 Å². The van der Waals surface area contributed by atoms with E-state index < -0.39 is 0 Å². The van der Waals surface area contributed by atoms with E-state index in [0.29, 0.717) is 0 Å². The summed E-state index contributed by atoms with van der Waals surface area (Å²) in [5, 5.41) is 12.6. The lowest BCUT2D eigenvalue weighted by atomic mass is 9.76. The average molecular weight is 1130 g/mol. The van der Waals surface area contributed by atoms with E-state index >= 15 is 0 Å². The summed E-state index contributed by atoms with van der Waals surface area (Å²) in [6.45, 7) is 20.2. The molecule has 0 bridgehead atoms. The van der Waals surface area contributed by atoms with E-state index in [-0.39, 0.29) is 5.41 Å². The Morgan fingerprint density at radius 1 is 0.295 bits per heavy atom. The molecule has 14 aromatic carbocycles. The highest BCUT2D eigenvalue weighted by atomic mass is 15.2. The van der Waals surface area contributed by atoms with Crippen LogP contribution in [0.3, 0.4) is 0 Å². The third kappa shape index (κ3) is 10.3. The Morgan fingerprint density at radius 2 is 0.636 bits per heavy atom. The van der Waals surface area contributed by atoms with Crippen molar-refractivity contribution in [1.82, 2.24) is 0 Å². The number of benzene rings is 14. The van der Waals surface area contributed by atoms with Crippen molar-refractivity contribution in [3.63, 3.8) is 0 Å². The zero-order valence-corrected chi connectivity index (χ0v) is 51.9. The highest BCUT2D eigenvalue weighted by Gasteiger charge is 2.33. The molecule has 0 atom stereocenters. The van der Waals surface area contributed by atoms with E-state index in [9.17, 15) is 0 Å². The molecule has 0 spiro atoms. The summed E-state index contributed by atoms with van der Waals surface area (Å²) < 4.78 is 0. The molecule has 0 saturated heterocycles. The summed E-state index contributed by atoms with van der Waals surface area (Å²) in [6, 6.07) is 98.1. The zero-order valence-electron chi connectivity index (χ0n) is 51.9. The van der Waals surface area contributed by atoms with Gasteiger partial charge < -0.3 is 9.80 Å². The van der Waals surface area contributed by atoms with Crippen LogP contribution in [-0.4, -0.2) is 0 Å². The van der Waals surface area contributed by atoms with Crippen LogP contribution in [0.2, 0.25) is 0 Å². The Labute approximate surface area is 519 Å². The first-order valence-electron chi connectivity index (χ1n) is 31.0. The first-order valence-corrected chi connectivity index (χ1v) is 31.0. The Kier molecular flexibility index (Phi) is 14.2. The minimum Gasteiger partial charge on any atom is -0.308 e. The van der Waals surface area contributed by atoms with Gasteiger partial charge in [0.15, 0.2) is 0 Å². The van der Waals surface area contributed by atoms with Crippen LogP contribution in [0, 0.1) is 41.5 Å². The van der Waals surface area contributed by atoms with Gasteiger partial charge in [0.05, 0.1) is 11.4 Å². The molecule has 0 N–H and O–H groups in total. The van der Waals surface area contributed by atoms with Crippen molar-refractivity contribution in [3.8, 4) is 0 Å². The van der Waals surface area contributed by atoms with Gasteiger partial charge in [0, 0.05) is 33.5 Å². The van der Waals surface area contributed by atoms with Crippen LogP contribution in [0.1, 0.15) is 93.1 Å². The second-order valence-corrected chi connectivity index (χ2v) is 25.4. The Morgan fingerprint density at radius 3 is 1.05 bits per heavy atom. The Bertz CT molecular complexity index is 4860. The summed E-state index contributed by atoms with van der Waals surface area (Å²) in [6.07, 6.45) is 4.71. The lowest BCUT2D eigenvalue weighted by molar-refractivity contribution is 0.601. The van der Waals surface area contributed by atoms with E-state index in [1.54, 1.807) is 0 Å². The molecule has 0 aromatic heterocycles. The van der Waals surface area contributed by atoms with E-state index in [4.69, 9.17) is 0 Å². The van der Waals surface area contributed by atoms with Crippen molar-refractivity contribution >= 4 is 111 Å². The van der Waals surface area contributed by atoms with E-state index in [1.165, 1.54) is 126 Å². The predicted octanol–water partition coefficient (Wildman–Crippen LogP) is 24.2. The lowest BCUT2D eigenvalue weighted by Crippen LogP contribution is -2.20. The predicted molar refractivity (Wildman–Crippen MR) is 381 cm³/mol. The molecule has 0 unspecified atom stereocenters. The van der Waals surface area contributed by atoms with Crippen LogP contribution >= 0.6 is 0 Å². The number of hydrogen-bond acceptors (Lipinski definition) is 2. The molecule has 426 valence electrons. The summed E-state index contributed by atoms with van der Waals surface area (Å²) in [7, 11) is 0. The number of aryl methyl sites for hydroxylation is 6. The van der Waals surface area contributed by atoms with Gasteiger partial charge in [-0.05, 0) is 207 Å². The number of anilines is 6. The fraction of sp³-hybridized carbons (Fsp3) is 0.116. The molecule has 2 nitrogen and oxygen atoms in total. The van der Waals surface area contributed by atoms with Crippen LogP contribution in [0.5, 0.6) is 0 Å². The third-order valence-electron chi connectivity index (χ3n) is 17.9. The van der Waals surface area contributed by atoms with Crippen LogP contribution in [0.25, 0.3) is 77.2 Å². The molecule has 0 aliphatic heterocycles.